The lowest BCUT2D eigenvalue weighted by atomic mass is 10.3. The Morgan fingerprint density at radius 1 is 1.03 bits per heavy atom. The lowest BCUT2D eigenvalue weighted by Gasteiger charge is -2.27. The van der Waals surface area contributed by atoms with Crippen LogP contribution in [0.4, 0.5) is 11.4 Å². The maximum absolute atomic E-state index is 12.8. The number of carbonyl (C=O) groups excluding carboxylic acids is 1. The highest BCUT2D eigenvalue weighted by Crippen LogP contribution is 2.28. The minimum absolute atomic E-state index is 0.0665. The zero-order valence-electron chi connectivity index (χ0n) is 18.6. The van der Waals surface area contributed by atoms with Crippen molar-refractivity contribution in [2.24, 2.45) is 0 Å². The fraction of sp³-hybridized carbons (Fsp3) is 0.350. The normalized spacial score (nSPS) is 12.1. The van der Waals surface area contributed by atoms with Crippen LogP contribution in [0.2, 0.25) is 0 Å². The number of rotatable bonds is 10. The van der Waals surface area contributed by atoms with Crippen LogP contribution in [0.25, 0.3) is 0 Å². The van der Waals surface area contributed by atoms with Gasteiger partial charge >= 0.3 is 10.2 Å². The van der Waals surface area contributed by atoms with E-state index in [1.54, 1.807) is 44.2 Å². The van der Waals surface area contributed by atoms with E-state index in [1.807, 2.05) is 0 Å². The molecule has 0 aromatic heterocycles. The molecule has 32 heavy (non-hydrogen) atoms. The third kappa shape index (κ3) is 6.19. The Bertz CT molecular complexity index is 1150. The van der Waals surface area contributed by atoms with Crippen LogP contribution in [-0.2, 0) is 25.0 Å². The summed E-state index contributed by atoms with van der Waals surface area (Å²) >= 11 is 0. The largest absolute Gasteiger partial charge is 0.495 e. The quantitative estimate of drug-likeness (QED) is 0.528. The molecular formula is C20H28N4O6S2. The molecule has 0 heterocycles. The highest BCUT2D eigenvalue weighted by atomic mass is 32.2. The van der Waals surface area contributed by atoms with Gasteiger partial charge in [-0.1, -0.05) is 18.2 Å². The number of nitrogens with zero attached hydrogens (tertiary/aromatic N) is 2. The fourth-order valence-corrected chi connectivity index (χ4v) is 5.09. The third-order valence-electron chi connectivity index (χ3n) is 4.22. The van der Waals surface area contributed by atoms with Crippen molar-refractivity contribution in [2.75, 3.05) is 37.4 Å². The van der Waals surface area contributed by atoms with Crippen LogP contribution in [0.1, 0.15) is 13.8 Å². The molecule has 0 bridgehead atoms. The number of para-hydroxylation sites is 1. The van der Waals surface area contributed by atoms with E-state index in [-0.39, 0.29) is 22.4 Å². The van der Waals surface area contributed by atoms with E-state index in [0.29, 0.717) is 5.69 Å². The van der Waals surface area contributed by atoms with Gasteiger partial charge in [-0.25, -0.2) is 17.4 Å². The van der Waals surface area contributed by atoms with Crippen molar-refractivity contribution in [2.45, 2.75) is 24.8 Å². The average molecular weight is 485 g/mol. The first-order chi connectivity index (χ1) is 14.9. The molecule has 0 aliphatic heterocycles. The van der Waals surface area contributed by atoms with Crippen molar-refractivity contribution < 1.29 is 26.4 Å². The minimum atomic E-state index is -3.97. The van der Waals surface area contributed by atoms with E-state index >= 15 is 0 Å². The van der Waals surface area contributed by atoms with Gasteiger partial charge in [-0.15, -0.1) is 0 Å². The van der Waals surface area contributed by atoms with E-state index in [2.05, 4.69) is 10.0 Å². The first kappa shape index (κ1) is 25.6. The van der Waals surface area contributed by atoms with Crippen LogP contribution in [0.3, 0.4) is 0 Å². The molecule has 0 saturated carbocycles. The fourth-order valence-electron chi connectivity index (χ4n) is 2.75. The molecule has 12 heteroatoms. The highest BCUT2D eigenvalue weighted by molar-refractivity contribution is 7.90. The van der Waals surface area contributed by atoms with Crippen molar-refractivity contribution in [1.82, 2.24) is 9.03 Å². The maximum Gasteiger partial charge on any atom is 0.304 e. The Morgan fingerprint density at radius 3 is 2.19 bits per heavy atom. The number of amides is 1. The Morgan fingerprint density at radius 2 is 1.66 bits per heavy atom. The van der Waals surface area contributed by atoms with E-state index in [1.165, 1.54) is 39.4 Å². The Balaban J connectivity index is 2.37. The summed E-state index contributed by atoms with van der Waals surface area (Å²) in [5, 5.41) is 2.56. The average Bonchev–Trinajstić information content (AvgIpc) is 2.71. The van der Waals surface area contributed by atoms with E-state index < -0.39 is 32.7 Å². The summed E-state index contributed by atoms with van der Waals surface area (Å²) in [5.41, 5.74) is 0.403. The van der Waals surface area contributed by atoms with Gasteiger partial charge in [0.1, 0.15) is 12.3 Å². The number of methoxy groups -OCH3 is 1. The molecule has 0 radical (unpaired) electrons. The summed E-state index contributed by atoms with van der Waals surface area (Å²) in [6.45, 7) is 2.84. The number of nitrogens with one attached hydrogen (secondary N) is 2. The molecule has 0 atom stereocenters. The SMILES string of the molecule is COc1ccc(S(=O)(=O)NC(C)C)cc1NC(=O)CN(c1ccccc1)S(=O)(=O)N(C)C. The number of sulfonamides is 1. The molecule has 10 nitrogen and oxygen atoms in total. The van der Waals surface area contributed by atoms with Gasteiger partial charge in [0.05, 0.1) is 23.4 Å². The van der Waals surface area contributed by atoms with Crippen LogP contribution in [-0.4, -0.2) is 60.8 Å². The van der Waals surface area contributed by atoms with Crippen molar-refractivity contribution in [3.05, 3.63) is 48.5 Å². The van der Waals surface area contributed by atoms with Crippen LogP contribution in [0.15, 0.2) is 53.4 Å². The van der Waals surface area contributed by atoms with Crippen molar-refractivity contribution in [3.8, 4) is 5.75 Å². The zero-order chi connectivity index (χ0) is 24.1. The van der Waals surface area contributed by atoms with Gasteiger partial charge in [0.15, 0.2) is 0 Å². The molecular weight excluding hydrogens is 456 g/mol. The summed E-state index contributed by atoms with van der Waals surface area (Å²) < 4.78 is 60.2. The van der Waals surface area contributed by atoms with Crippen molar-refractivity contribution in [1.29, 1.82) is 0 Å². The minimum Gasteiger partial charge on any atom is -0.495 e. The predicted molar refractivity (Wildman–Crippen MR) is 123 cm³/mol. The van der Waals surface area contributed by atoms with Crippen LogP contribution >= 0.6 is 0 Å². The molecule has 2 rings (SSSR count). The maximum atomic E-state index is 12.8. The number of anilines is 2. The molecule has 0 unspecified atom stereocenters. The highest BCUT2D eigenvalue weighted by Gasteiger charge is 2.28. The number of ether oxygens (including phenoxy) is 1. The molecule has 0 spiro atoms. The topological polar surface area (TPSA) is 125 Å². The Labute approximate surface area is 189 Å². The summed E-state index contributed by atoms with van der Waals surface area (Å²) in [4.78, 5) is 12.7. The summed E-state index contributed by atoms with van der Waals surface area (Å²) in [6, 6.07) is 11.9. The zero-order valence-corrected chi connectivity index (χ0v) is 20.2. The summed E-state index contributed by atoms with van der Waals surface area (Å²) in [7, 11) is -3.68. The molecule has 176 valence electrons. The molecule has 1 amide bonds. The summed E-state index contributed by atoms with van der Waals surface area (Å²) in [5.74, 6) is -0.451. The lowest BCUT2D eigenvalue weighted by molar-refractivity contribution is -0.114. The third-order valence-corrected chi connectivity index (χ3v) is 7.69. The second-order valence-corrected chi connectivity index (χ2v) is 11.1. The van der Waals surface area contributed by atoms with Gasteiger partial charge in [0, 0.05) is 20.1 Å². The van der Waals surface area contributed by atoms with Crippen molar-refractivity contribution in [3.63, 3.8) is 0 Å². The molecule has 0 aliphatic rings. The molecule has 0 fully saturated rings. The second kappa shape index (κ2) is 10.3. The summed E-state index contributed by atoms with van der Waals surface area (Å²) in [6.07, 6.45) is 0. The molecule has 2 aromatic carbocycles. The standard InChI is InChI=1S/C20H28N4O6S2/c1-15(2)22-31(26,27)17-11-12-19(30-5)18(13-17)21-20(25)14-24(32(28,29)23(3)4)16-9-7-6-8-10-16/h6-13,15,22H,14H2,1-5H3,(H,21,25). The van der Waals surface area contributed by atoms with Gasteiger partial charge in [0.2, 0.25) is 15.9 Å². The van der Waals surface area contributed by atoms with E-state index in [4.69, 9.17) is 4.74 Å². The van der Waals surface area contributed by atoms with Gasteiger partial charge in [-0.05, 0) is 44.2 Å². The van der Waals surface area contributed by atoms with Gasteiger partial charge in [-0.2, -0.15) is 12.7 Å². The Kier molecular flexibility index (Phi) is 8.24. The molecule has 2 N–H and O–H groups in total. The smallest absolute Gasteiger partial charge is 0.304 e. The Hall–Kier alpha value is -2.67. The molecule has 0 aliphatic carbocycles. The van der Waals surface area contributed by atoms with Gasteiger partial charge < -0.3 is 10.1 Å². The van der Waals surface area contributed by atoms with Crippen molar-refractivity contribution >= 4 is 37.5 Å². The molecule has 0 saturated heterocycles. The van der Waals surface area contributed by atoms with E-state index in [0.717, 1.165) is 8.61 Å². The van der Waals surface area contributed by atoms with E-state index in [9.17, 15) is 21.6 Å². The van der Waals surface area contributed by atoms with Crippen LogP contribution in [0.5, 0.6) is 5.75 Å². The first-order valence-corrected chi connectivity index (χ1v) is 12.5. The van der Waals surface area contributed by atoms with Crippen LogP contribution < -0.4 is 19.1 Å². The van der Waals surface area contributed by atoms with Crippen LogP contribution in [0, 0.1) is 0 Å². The first-order valence-electron chi connectivity index (χ1n) is 9.64. The number of hydrogen-bond acceptors (Lipinski definition) is 6. The number of benzene rings is 2. The number of hydrogen-bond donors (Lipinski definition) is 2. The monoisotopic (exact) mass is 484 g/mol. The molecule has 2 aromatic rings. The lowest BCUT2D eigenvalue weighted by Crippen LogP contribution is -2.44. The predicted octanol–water partition coefficient (Wildman–Crippen LogP) is 1.63. The van der Waals surface area contributed by atoms with Gasteiger partial charge in [0.25, 0.3) is 0 Å². The number of carbonyl (C=O) groups is 1. The van der Waals surface area contributed by atoms with Gasteiger partial charge in [-0.3, -0.25) is 4.79 Å². The second-order valence-electron chi connectivity index (χ2n) is 7.32.